The first-order chi connectivity index (χ1) is 15.8. The minimum absolute atomic E-state index is 0.0433. The predicted octanol–water partition coefficient (Wildman–Crippen LogP) is 8.21. The van der Waals surface area contributed by atoms with E-state index in [-0.39, 0.29) is 23.1 Å². The van der Waals surface area contributed by atoms with E-state index in [9.17, 15) is 0 Å². The van der Waals surface area contributed by atoms with Gasteiger partial charge in [-0.05, 0) is 35.7 Å². The van der Waals surface area contributed by atoms with Crippen LogP contribution in [-0.4, -0.2) is 22.4 Å². The summed E-state index contributed by atoms with van der Waals surface area (Å²) >= 11 is 0. The molecule has 0 aliphatic heterocycles. The Hall–Kier alpha value is -1.65. The van der Waals surface area contributed by atoms with Gasteiger partial charge in [-0.3, -0.25) is 0 Å². The van der Waals surface area contributed by atoms with Gasteiger partial charge in [-0.2, -0.15) is 0 Å². The van der Waals surface area contributed by atoms with Gasteiger partial charge in [-0.25, -0.2) is 0 Å². The highest BCUT2D eigenvalue weighted by Crippen LogP contribution is 2.41. The van der Waals surface area contributed by atoms with Crippen LogP contribution in [0.3, 0.4) is 0 Å². The van der Waals surface area contributed by atoms with E-state index < -0.39 is 16.4 Å². The van der Waals surface area contributed by atoms with Gasteiger partial charge in [0.05, 0.1) is 12.1 Å². The number of rotatable bonds is 10. The van der Waals surface area contributed by atoms with Crippen LogP contribution in [0.15, 0.2) is 60.7 Å². The molecule has 0 saturated heterocycles. The van der Waals surface area contributed by atoms with E-state index in [4.69, 9.17) is 4.43 Å². The van der Waals surface area contributed by atoms with E-state index in [2.05, 4.69) is 138 Å². The normalized spacial score (nSPS) is 15.2. The van der Waals surface area contributed by atoms with Crippen LogP contribution in [-0.2, 0) is 11.0 Å². The Morgan fingerprint density at radius 3 is 1.94 bits per heavy atom. The Labute approximate surface area is 212 Å². The maximum atomic E-state index is 7.22. The lowest BCUT2D eigenvalue weighted by atomic mass is 9.88. The first-order valence-corrected chi connectivity index (χ1v) is 19.3. The van der Waals surface area contributed by atoms with Crippen LogP contribution in [0.1, 0.15) is 57.8 Å². The zero-order chi connectivity index (χ0) is 25.4. The monoisotopic (exact) mass is 493 g/mol. The van der Waals surface area contributed by atoms with Crippen LogP contribution >= 0.6 is 0 Å². The molecule has 0 radical (unpaired) electrons. The predicted molar refractivity (Wildman–Crippen MR) is 154 cm³/mol. The lowest BCUT2D eigenvalue weighted by Crippen LogP contribution is -2.49. The summed E-state index contributed by atoms with van der Waals surface area (Å²) in [5, 5.41) is 4.07. The molecule has 4 heteroatoms. The fourth-order valence-electron chi connectivity index (χ4n) is 3.74. The first-order valence-electron chi connectivity index (χ1n) is 12.9. The summed E-state index contributed by atoms with van der Waals surface area (Å²) in [4.78, 5) is 0. The van der Waals surface area contributed by atoms with E-state index in [0.29, 0.717) is 0 Å². The van der Waals surface area contributed by atoms with Crippen molar-refractivity contribution in [2.45, 2.75) is 97.0 Å². The SMILES string of the molecule is CCCC(C#C[Si](C)(C)C)C(NCc1ccccc1)C(O[Si](C)(C)C(C)(C)C)c1ccccc1. The van der Waals surface area contributed by atoms with Gasteiger partial charge in [0, 0.05) is 12.5 Å². The molecule has 0 aromatic heterocycles. The van der Waals surface area contributed by atoms with E-state index in [0.717, 1.165) is 19.4 Å². The van der Waals surface area contributed by atoms with Crippen molar-refractivity contribution in [1.82, 2.24) is 5.32 Å². The van der Waals surface area contributed by atoms with Crippen LogP contribution in [0.25, 0.3) is 0 Å². The Morgan fingerprint density at radius 2 is 1.44 bits per heavy atom. The van der Waals surface area contributed by atoms with Crippen LogP contribution in [0.4, 0.5) is 0 Å². The zero-order valence-corrected chi connectivity index (χ0v) is 25.0. The molecule has 2 aromatic carbocycles. The second-order valence-corrected chi connectivity index (χ2v) is 21.5. The van der Waals surface area contributed by atoms with Crippen molar-refractivity contribution in [2.24, 2.45) is 5.92 Å². The molecule has 186 valence electrons. The average molecular weight is 494 g/mol. The highest BCUT2D eigenvalue weighted by Gasteiger charge is 2.42. The maximum Gasteiger partial charge on any atom is 0.192 e. The van der Waals surface area contributed by atoms with Gasteiger partial charge in [0.2, 0.25) is 0 Å². The molecule has 0 heterocycles. The average Bonchev–Trinajstić information content (AvgIpc) is 2.76. The number of hydrogen-bond acceptors (Lipinski definition) is 2. The third kappa shape index (κ3) is 8.85. The molecule has 0 saturated carbocycles. The fraction of sp³-hybridized carbons (Fsp3) is 0.533. The molecule has 3 atom stereocenters. The number of hydrogen-bond donors (Lipinski definition) is 1. The van der Waals surface area contributed by atoms with Crippen LogP contribution in [0.5, 0.6) is 0 Å². The molecule has 0 bridgehead atoms. The van der Waals surface area contributed by atoms with Crippen molar-refractivity contribution in [1.29, 1.82) is 0 Å². The first kappa shape index (κ1) is 28.6. The molecule has 0 spiro atoms. The van der Waals surface area contributed by atoms with Gasteiger partial charge in [0.25, 0.3) is 0 Å². The molecule has 0 aliphatic rings. The molecule has 0 amide bonds. The summed E-state index contributed by atoms with van der Waals surface area (Å²) in [6.07, 6.45) is 2.13. The smallest absolute Gasteiger partial charge is 0.192 e. The van der Waals surface area contributed by atoms with Crippen molar-refractivity contribution in [3.8, 4) is 11.5 Å². The largest absolute Gasteiger partial charge is 0.408 e. The number of nitrogens with one attached hydrogen (secondary N) is 1. The quantitative estimate of drug-likeness (QED) is 0.266. The Bertz CT molecular complexity index is 918. The lowest BCUT2D eigenvalue weighted by molar-refractivity contribution is 0.114. The number of benzene rings is 2. The Balaban J connectivity index is 2.56. The summed E-state index contributed by atoms with van der Waals surface area (Å²) in [6, 6.07) is 21.6. The van der Waals surface area contributed by atoms with Crippen molar-refractivity contribution in [3.63, 3.8) is 0 Å². The molecular weight excluding hydrogens is 447 g/mol. The topological polar surface area (TPSA) is 21.3 Å². The third-order valence-electron chi connectivity index (χ3n) is 6.73. The summed E-state index contributed by atoms with van der Waals surface area (Å²) in [6.45, 7) is 21.8. The highest BCUT2D eigenvalue weighted by atomic mass is 28.4. The van der Waals surface area contributed by atoms with Crippen LogP contribution < -0.4 is 5.32 Å². The van der Waals surface area contributed by atoms with E-state index in [1.54, 1.807) is 0 Å². The summed E-state index contributed by atoms with van der Waals surface area (Å²) in [5.41, 5.74) is 6.23. The standard InChI is InChI=1S/C30H47NOSi2/c1-10-17-26(22-23-33(5,6)7)28(31-24-25-18-13-11-14-19-25)29(27-20-15-12-16-21-27)32-34(8,9)30(2,3)4/h11-16,18-21,26,28-29,31H,10,17,24H2,1-9H3. The van der Waals surface area contributed by atoms with Crippen molar-refractivity contribution in [3.05, 3.63) is 71.8 Å². The molecule has 0 fully saturated rings. The van der Waals surface area contributed by atoms with Gasteiger partial charge in [0.15, 0.2) is 8.32 Å². The Kier molecular flexibility index (Phi) is 10.4. The molecule has 2 aromatic rings. The zero-order valence-electron chi connectivity index (χ0n) is 23.0. The van der Waals surface area contributed by atoms with Crippen LogP contribution in [0.2, 0.25) is 37.8 Å². The van der Waals surface area contributed by atoms with E-state index >= 15 is 0 Å². The van der Waals surface area contributed by atoms with Crippen molar-refractivity contribution in [2.75, 3.05) is 0 Å². The lowest BCUT2D eigenvalue weighted by Gasteiger charge is -2.43. The molecule has 0 aliphatic carbocycles. The highest BCUT2D eigenvalue weighted by molar-refractivity contribution is 6.83. The Morgan fingerprint density at radius 1 is 0.882 bits per heavy atom. The van der Waals surface area contributed by atoms with Gasteiger partial charge in [-0.1, -0.05) is 114 Å². The minimum Gasteiger partial charge on any atom is -0.408 e. The fourth-order valence-corrected chi connectivity index (χ4v) is 5.63. The summed E-state index contributed by atoms with van der Waals surface area (Å²) < 4.78 is 7.22. The second-order valence-electron chi connectivity index (χ2n) is 12.0. The van der Waals surface area contributed by atoms with Gasteiger partial charge >= 0.3 is 0 Å². The molecule has 1 N–H and O–H groups in total. The molecule has 2 rings (SSSR count). The second kappa shape index (κ2) is 12.4. The van der Waals surface area contributed by atoms with E-state index in [1.807, 2.05) is 0 Å². The van der Waals surface area contributed by atoms with Gasteiger partial charge < -0.3 is 9.74 Å². The van der Waals surface area contributed by atoms with Crippen molar-refractivity contribution < 1.29 is 4.43 Å². The molecule has 34 heavy (non-hydrogen) atoms. The van der Waals surface area contributed by atoms with Gasteiger partial charge in [-0.15, -0.1) is 11.5 Å². The van der Waals surface area contributed by atoms with Gasteiger partial charge in [0.1, 0.15) is 8.07 Å². The van der Waals surface area contributed by atoms with Crippen molar-refractivity contribution >= 4 is 16.4 Å². The molecule has 2 nitrogen and oxygen atoms in total. The van der Waals surface area contributed by atoms with Crippen LogP contribution in [0, 0.1) is 17.4 Å². The minimum atomic E-state index is -2.03. The molecular formula is C30H47NOSi2. The maximum absolute atomic E-state index is 7.22. The molecule has 3 unspecified atom stereocenters. The van der Waals surface area contributed by atoms with E-state index in [1.165, 1.54) is 11.1 Å². The summed E-state index contributed by atoms with van der Waals surface area (Å²) in [5.74, 6) is 3.99. The third-order valence-corrected chi connectivity index (χ3v) is 12.1. The summed E-state index contributed by atoms with van der Waals surface area (Å²) in [7, 11) is -3.52.